The van der Waals surface area contributed by atoms with Gasteiger partial charge in [-0.2, -0.15) is 0 Å². The number of hydrogen-bond acceptors (Lipinski definition) is 8. The average Bonchev–Trinajstić information content (AvgIpc) is 2.88. The maximum absolute atomic E-state index is 12.8. The van der Waals surface area contributed by atoms with Crippen molar-refractivity contribution in [3.63, 3.8) is 0 Å². The van der Waals surface area contributed by atoms with E-state index in [1.54, 1.807) is 0 Å². The maximum Gasteiger partial charge on any atom is 0.472 e. The van der Waals surface area contributed by atoms with E-state index in [2.05, 4.69) is 208 Å². The first kappa shape index (κ1) is 91.8. The minimum absolute atomic E-state index is 0.0442. The van der Waals surface area contributed by atoms with E-state index in [1.807, 2.05) is 0 Å². The predicted octanol–water partition coefficient (Wildman–Crippen LogP) is 26.4. The van der Waals surface area contributed by atoms with Gasteiger partial charge >= 0.3 is 19.8 Å². The fourth-order valence-electron chi connectivity index (χ4n) is 10.3. The molecule has 0 fully saturated rings. The molecular formula is C87H142NO8P. The van der Waals surface area contributed by atoms with E-state index in [1.165, 1.54) is 128 Å². The first-order chi connectivity index (χ1) is 47.8. The van der Waals surface area contributed by atoms with E-state index in [9.17, 15) is 19.0 Å². The summed E-state index contributed by atoms with van der Waals surface area (Å²) >= 11 is 0. The first-order valence-electron chi connectivity index (χ1n) is 38.9. The molecule has 0 saturated heterocycles. The Labute approximate surface area is 596 Å². The minimum Gasteiger partial charge on any atom is -0.462 e. The summed E-state index contributed by atoms with van der Waals surface area (Å²) in [5.74, 6) is -0.840. The van der Waals surface area contributed by atoms with Crippen LogP contribution in [-0.4, -0.2) is 49.3 Å². The molecule has 0 amide bonds. The minimum atomic E-state index is -4.41. The summed E-state index contributed by atoms with van der Waals surface area (Å²) in [5, 5.41) is 0. The van der Waals surface area contributed by atoms with Crippen LogP contribution in [-0.2, 0) is 32.7 Å². The second kappa shape index (κ2) is 79.8. The largest absolute Gasteiger partial charge is 0.472 e. The number of ether oxygens (including phenoxy) is 2. The molecule has 0 spiro atoms. The zero-order valence-corrected chi connectivity index (χ0v) is 62.6. The van der Waals surface area contributed by atoms with E-state index in [0.717, 1.165) is 148 Å². The Morgan fingerprint density at radius 3 is 0.794 bits per heavy atom. The van der Waals surface area contributed by atoms with E-state index < -0.39 is 26.5 Å². The molecule has 0 rings (SSSR count). The van der Waals surface area contributed by atoms with Crippen molar-refractivity contribution < 1.29 is 37.6 Å². The van der Waals surface area contributed by atoms with Gasteiger partial charge in [0.15, 0.2) is 6.10 Å². The van der Waals surface area contributed by atoms with Gasteiger partial charge in [-0.25, -0.2) is 4.57 Å². The highest BCUT2D eigenvalue weighted by Crippen LogP contribution is 2.43. The fourth-order valence-corrected chi connectivity index (χ4v) is 11.1. The van der Waals surface area contributed by atoms with E-state index in [0.29, 0.717) is 6.42 Å². The molecule has 0 aliphatic rings. The molecule has 10 heteroatoms. The number of unbranched alkanes of at least 4 members (excludes halogenated alkanes) is 26. The van der Waals surface area contributed by atoms with E-state index in [-0.39, 0.29) is 38.6 Å². The smallest absolute Gasteiger partial charge is 0.462 e. The van der Waals surface area contributed by atoms with E-state index in [4.69, 9.17) is 24.3 Å². The van der Waals surface area contributed by atoms with Crippen LogP contribution in [0.4, 0.5) is 0 Å². The van der Waals surface area contributed by atoms with Crippen LogP contribution in [0.25, 0.3) is 0 Å². The standard InChI is InChI=1S/C87H142NO8P/c1-3-5-7-9-11-13-15-17-19-21-23-25-27-29-31-33-35-37-39-41-42-44-46-48-50-52-54-56-58-60-62-64-66-68-70-72-74-76-78-80-87(90)96-85(84-95-97(91,92)94-82-81-88)83-93-86(89)79-77-75-73-71-69-67-65-63-61-59-57-55-53-51-49-47-45-43-40-38-36-34-32-30-28-26-24-22-20-18-16-14-12-10-8-6-4-2/h5-8,11-14,17-20,23-26,29-32,35-38,41-42,46,48,52,54,58,60,85H,3-4,9-10,15-16,21-22,27-28,33-34,39-40,43-45,47,49-51,53,55-57,59,61-84,88H2,1-2H3,(H,91,92)/b7-5-,8-6-,13-11-,14-12-,19-17-,20-18-,25-23-,26-24-,31-29-,32-30-,37-35-,38-36-,42-41-,48-46-,54-52-,60-58-. The molecule has 2 atom stereocenters. The Bertz CT molecular complexity index is 2300. The van der Waals surface area contributed by atoms with Crippen LogP contribution in [0.15, 0.2) is 194 Å². The van der Waals surface area contributed by atoms with Gasteiger partial charge in [-0.15, -0.1) is 0 Å². The number of carbonyl (C=O) groups excluding carboxylic acids is 2. The highest BCUT2D eigenvalue weighted by atomic mass is 31.2. The van der Waals surface area contributed by atoms with Gasteiger partial charge in [-0.3, -0.25) is 18.6 Å². The molecule has 97 heavy (non-hydrogen) atoms. The summed E-state index contributed by atoms with van der Waals surface area (Å²) in [5.41, 5.74) is 5.41. The number of esters is 2. The SMILES string of the molecule is CC/C=C\C/C=C\C/C=C\C/C=C\C/C=C\C/C=C\C/C=C\C/C=C\C/C=C\C/C=C\CCCCCCCCCCC(=O)OC(COC(=O)CCCCCCCCCCCCCCCCCCCC/C=C\C/C=C\C/C=C\C/C=C\C/C=C\C/C=C\CC)COP(=O)(O)OCCN. The van der Waals surface area contributed by atoms with Crippen molar-refractivity contribution in [3.8, 4) is 0 Å². The summed E-state index contributed by atoms with van der Waals surface area (Å²) in [7, 11) is -4.41. The number of allylic oxidation sites excluding steroid dienone is 32. The van der Waals surface area contributed by atoms with Crippen molar-refractivity contribution in [2.75, 3.05) is 26.4 Å². The number of phosphoric ester groups is 1. The van der Waals surface area contributed by atoms with Gasteiger partial charge in [0.25, 0.3) is 0 Å². The topological polar surface area (TPSA) is 134 Å². The van der Waals surface area contributed by atoms with Crippen LogP contribution in [0.1, 0.15) is 309 Å². The number of rotatable bonds is 71. The quantitative estimate of drug-likeness (QED) is 0.0264. The number of carbonyl (C=O) groups is 2. The Morgan fingerprint density at radius 1 is 0.309 bits per heavy atom. The molecule has 548 valence electrons. The summed E-state index contributed by atoms with van der Waals surface area (Å²) in [6, 6.07) is 0. The van der Waals surface area contributed by atoms with Crippen LogP contribution in [0.2, 0.25) is 0 Å². The van der Waals surface area contributed by atoms with Gasteiger partial charge in [0.2, 0.25) is 0 Å². The van der Waals surface area contributed by atoms with Crippen molar-refractivity contribution in [2.24, 2.45) is 5.73 Å². The zero-order valence-electron chi connectivity index (χ0n) is 61.7. The Hall–Kier alpha value is -5.15. The number of hydrogen-bond donors (Lipinski definition) is 2. The summed E-state index contributed by atoms with van der Waals surface area (Å²) in [4.78, 5) is 35.5. The predicted molar refractivity (Wildman–Crippen MR) is 422 cm³/mol. The summed E-state index contributed by atoms with van der Waals surface area (Å²) in [6.45, 7) is 3.51. The van der Waals surface area contributed by atoms with Gasteiger partial charge in [-0.1, -0.05) is 350 Å². The second-order valence-corrected chi connectivity index (χ2v) is 26.6. The number of nitrogens with two attached hydrogens (primary N) is 1. The Balaban J connectivity index is 3.92. The molecule has 0 aliphatic carbocycles. The molecule has 0 bridgehead atoms. The second-order valence-electron chi connectivity index (χ2n) is 25.1. The molecule has 0 saturated carbocycles. The third-order valence-corrected chi connectivity index (χ3v) is 17.0. The highest BCUT2D eigenvalue weighted by Gasteiger charge is 2.26. The van der Waals surface area contributed by atoms with Gasteiger partial charge in [0.1, 0.15) is 6.61 Å². The lowest BCUT2D eigenvalue weighted by Gasteiger charge is -2.19. The molecule has 0 radical (unpaired) electrons. The van der Waals surface area contributed by atoms with Crippen LogP contribution in [0.5, 0.6) is 0 Å². The molecule has 0 aromatic rings. The monoisotopic (exact) mass is 1360 g/mol. The van der Waals surface area contributed by atoms with Crippen LogP contribution >= 0.6 is 7.82 Å². The molecule has 3 N–H and O–H groups in total. The van der Waals surface area contributed by atoms with E-state index >= 15 is 0 Å². The lowest BCUT2D eigenvalue weighted by atomic mass is 10.0. The molecular weight excluding hydrogens is 1220 g/mol. The number of phosphoric acid groups is 1. The third kappa shape index (κ3) is 79.7. The van der Waals surface area contributed by atoms with Crippen molar-refractivity contribution in [1.29, 1.82) is 0 Å². The van der Waals surface area contributed by atoms with Gasteiger partial charge in [0.05, 0.1) is 13.2 Å². The van der Waals surface area contributed by atoms with Crippen LogP contribution in [0.3, 0.4) is 0 Å². The molecule has 0 aliphatic heterocycles. The average molecular weight is 1360 g/mol. The van der Waals surface area contributed by atoms with Crippen molar-refractivity contribution in [1.82, 2.24) is 0 Å². The van der Waals surface area contributed by atoms with Gasteiger partial charge in [0, 0.05) is 19.4 Å². The Kier molecular flexibility index (Phi) is 75.6. The summed E-state index contributed by atoms with van der Waals surface area (Å²) in [6.07, 6.45) is 121. The lowest BCUT2D eigenvalue weighted by molar-refractivity contribution is -0.161. The van der Waals surface area contributed by atoms with Crippen LogP contribution in [0, 0.1) is 0 Å². The molecule has 0 aromatic heterocycles. The molecule has 9 nitrogen and oxygen atoms in total. The molecule has 2 unspecified atom stereocenters. The fraction of sp³-hybridized carbons (Fsp3) is 0.609. The van der Waals surface area contributed by atoms with Crippen LogP contribution < -0.4 is 5.73 Å². The molecule has 0 aromatic carbocycles. The van der Waals surface area contributed by atoms with Gasteiger partial charge < -0.3 is 20.1 Å². The summed E-state index contributed by atoms with van der Waals surface area (Å²) < 4.78 is 33.2. The normalized spacial score (nSPS) is 14.0. The highest BCUT2D eigenvalue weighted by molar-refractivity contribution is 7.47. The Morgan fingerprint density at radius 2 is 0.536 bits per heavy atom. The van der Waals surface area contributed by atoms with Crippen molar-refractivity contribution in [3.05, 3.63) is 194 Å². The van der Waals surface area contributed by atoms with Gasteiger partial charge in [-0.05, 0) is 141 Å². The third-order valence-electron chi connectivity index (χ3n) is 16.0. The zero-order chi connectivity index (χ0) is 70.0. The maximum atomic E-state index is 12.8. The van der Waals surface area contributed by atoms with Crippen molar-refractivity contribution >= 4 is 19.8 Å². The lowest BCUT2D eigenvalue weighted by Crippen LogP contribution is -2.29. The molecule has 0 heterocycles. The van der Waals surface area contributed by atoms with Crippen molar-refractivity contribution in [2.45, 2.75) is 315 Å². The first-order valence-corrected chi connectivity index (χ1v) is 40.4.